The minimum absolute atomic E-state index is 0.379. The molecule has 1 rings (SSSR count). The number of aryl methyl sites for hydroxylation is 1. The topological polar surface area (TPSA) is 20.2 Å². The molecule has 1 aromatic rings. The molecule has 0 aliphatic carbocycles. The second-order valence-corrected chi connectivity index (χ2v) is 3.79. The Morgan fingerprint density at radius 1 is 1.47 bits per heavy atom. The van der Waals surface area contributed by atoms with Gasteiger partial charge in [-0.25, -0.2) is 0 Å². The number of aliphatic hydroxyl groups is 1. The van der Waals surface area contributed by atoms with Crippen molar-refractivity contribution in [3.05, 3.63) is 52.3 Å². The van der Waals surface area contributed by atoms with Crippen molar-refractivity contribution in [2.45, 2.75) is 20.3 Å². The fraction of sp³-hybridized carbons (Fsp3) is 0.231. The van der Waals surface area contributed by atoms with Crippen LogP contribution in [0.1, 0.15) is 24.5 Å². The Morgan fingerprint density at radius 2 is 2.20 bits per heavy atom. The van der Waals surface area contributed by atoms with Gasteiger partial charge < -0.3 is 5.11 Å². The van der Waals surface area contributed by atoms with Crippen molar-refractivity contribution in [1.29, 1.82) is 0 Å². The molecule has 0 saturated carbocycles. The summed E-state index contributed by atoms with van der Waals surface area (Å²) in [6, 6.07) is 5.88. The highest BCUT2D eigenvalue weighted by atomic mass is 35.5. The normalized spacial score (nSPS) is 12.3. The molecule has 0 radical (unpaired) electrons. The van der Waals surface area contributed by atoms with Crippen molar-refractivity contribution in [2.24, 2.45) is 0 Å². The molecule has 0 aliphatic heterocycles. The maximum Gasteiger partial charge on any atom is 0.0919 e. The molecule has 2 heteroatoms. The van der Waals surface area contributed by atoms with Gasteiger partial charge in [-0.15, -0.1) is 0 Å². The third-order valence-corrected chi connectivity index (χ3v) is 2.54. The lowest BCUT2D eigenvalue weighted by Crippen LogP contribution is -1.77. The molecule has 0 atom stereocenters. The Balaban J connectivity index is 2.77. The molecule has 1 N–H and O–H groups in total. The molecule has 80 valence electrons. The van der Waals surface area contributed by atoms with Gasteiger partial charge in [-0.1, -0.05) is 42.8 Å². The van der Waals surface area contributed by atoms with Crippen LogP contribution in [-0.2, 0) is 0 Å². The number of rotatable bonds is 3. The van der Waals surface area contributed by atoms with E-state index in [2.05, 4.69) is 0 Å². The van der Waals surface area contributed by atoms with E-state index in [4.69, 9.17) is 11.6 Å². The monoisotopic (exact) mass is 222 g/mol. The second kappa shape index (κ2) is 5.62. The quantitative estimate of drug-likeness (QED) is 0.589. The number of hydrogen-bond donors (Lipinski definition) is 1. The first kappa shape index (κ1) is 11.9. The zero-order chi connectivity index (χ0) is 11.3. The van der Waals surface area contributed by atoms with Gasteiger partial charge in [-0.2, -0.15) is 0 Å². The van der Waals surface area contributed by atoms with E-state index in [-0.39, 0.29) is 0 Å². The highest BCUT2D eigenvalue weighted by molar-refractivity contribution is 6.31. The van der Waals surface area contributed by atoms with Gasteiger partial charge in [0.1, 0.15) is 0 Å². The van der Waals surface area contributed by atoms with Crippen LogP contribution in [0.25, 0.3) is 6.08 Å². The third kappa shape index (κ3) is 3.80. The fourth-order valence-electron chi connectivity index (χ4n) is 1.10. The van der Waals surface area contributed by atoms with E-state index in [0.717, 1.165) is 16.1 Å². The molecule has 15 heavy (non-hydrogen) atoms. The van der Waals surface area contributed by atoms with E-state index >= 15 is 0 Å². The maximum absolute atomic E-state index is 9.22. The van der Waals surface area contributed by atoms with E-state index in [1.54, 1.807) is 6.08 Å². The summed E-state index contributed by atoms with van der Waals surface area (Å²) in [4.78, 5) is 0. The Kier molecular flexibility index (Phi) is 4.44. The first-order valence-electron chi connectivity index (χ1n) is 4.96. The van der Waals surface area contributed by atoms with Crippen LogP contribution in [0.3, 0.4) is 0 Å². The fourth-order valence-corrected chi connectivity index (χ4v) is 1.29. The van der Waals surface area contributed by atoms with Crippen LogP contribution in [0.5, 0.6) is 0 Å². The number of halogens is 1. The van der Waals surface area contributed by atoms with E-state index in [1.807, 2.05) is 44.2 Å². The molecule has 0 saturated heterocycles. The van der Waals surface area contributed by atoms with E-state index in [1.165, 1.54) is 0 Å². The molecule has 0 fully saturated rings. The highest BCUT2D eigenvalue weighted by Crippen LogP contribution is 2.17. The Labute approximate surface area is 95.7 Å². The second-order valence-electron chi connectivity index (χ2n) is 3.38. The molecule has 1 aromatic carbocycles. The van der Waals surface area contributed by atoms with Gasteiger partial charge in [0.15, 0.2) is 0 Å². The summed E-state index contributed by atoms with van der Waals surface area (Å²) in [6.07, 6.45) is 6.07. The average Bonchev–Trinajstić information content (AvgIpc) is 2.23. The molecule has 1 nitrogen and oxygen atoms in total. The van der Waals surface area contributed by atoms with Crippen LogP contribution in [0, 0.1) is 6.92 Å². The summed E-state index contributed by atoms with van der Waals surface area (Å²) in [5.41, 5.74) is 2.10. The van der Waals surface area contributed by atoms with Crippen LogP contribution in [0.15, 0.2) is 36.1 Å². The molecular formula is C13H15ClO. The standard InChI is InChI=1S/C13H15ClO/c1-3-12(15)6-4-5-11-8-7-10(2)13(14)9-11/h4-9,15H,3H2,1-2H3/b5-4+,12-6-. The van der Waals surface area contributed by atoms with Gasteiger partial charge in [0.25, 0.3) is 0 Å². The summed E-state index contributed by atoms with van der Waals surface area (Å²) >= 11 is 5.98. The summed E-state index contributed by atoms with van der Waals surface area (Å²) in [5.74, 6) is 0.379. The van der Waals surface area contributed by atoms with E-state index < -0.39 is 0 Å². The van der Waals surface area contributed by atoms with Gasteiger partial charge >= 0.3 is 0 Å². The Hall–Kier alpha value is -1.21. The summed E-state index contributed by atoms with van der Waals surface area (Å²) in [5, 5.41) is 9.98. The van der Waals surface area contributed by atoms with E-state index in [9.17, 15) is 5.11 Å². The average molecular weight is 223 g/mol. The summed E-state index contributed by atoms with van der Waals surface area (Å²) in [7, 11) is 0. The van der Waals surface area contributed by atoms with Gasteiger partial charge in [-0.3, -0.25) is 0 Å². The lowest BCUT2D eigenvalue weighted by atomic mass is 10.1. The summed E-state index contributed by atoms with van der Waals surface area (Å²) in [6.45, 7) is 3.88. The predicted octanol–water partition coefficient (Wildman–Crippen LogP) is 4.51. The largest absolute Gasteiger partial charge is 0.512 e. The number of hydrogen-bond acceptors (Lipinski definition) is 1. The summed E-state index contributed by atoms with van der Waals surface area (Å²) < 4.78 is 0. The van der Waals surface area contributed by atoms with E-state index in [0.29, 0.717) is 12.2 Å². The highest BCUT2D eigenvalue weighted by Gasteiger charge is 1.94. The van der Waals surface area contributed by atoms with Crippen molar-refractivity contribution < 1.29 is 5.11 Å². The number of allylic oxidation sites excluding steroid dienone is 3. The van der Waals surface area contributed by atoms with Crippen molar-refractivity contribution >= 4 is 17.7 Å². The van der Waals surface area contributed by atoms with Crippen molar-refractivity contribution in [3.63, 3.8) is 0 Å². The zero-order valence-corrected chi connectivity index (χ0v) is 9.75. The maximum atomic E-state index is 9.22. The molecule has 0 spiro atoms. The SMILES string of the molecule is CC/C(O)=C/C=C/c1ccc(C)c(Cl)c1. The smallest absolute Gasteiger partial charge is 0.0919 e. The lowest BCUT2D eigenvalue weighted by molar-refractivity contribution is 0.395. The number of benzene rings is 1. The van der Waals surface area contributed by atoms with Crippen LogP contribution >= 0.6 is 11.6 Å². The number of aliphatic hydroxyl groups excluding tert-OH is 1. The Bertz CT molecular complexity index is 392. The third-order valence-electron chi connectivity index (χ3n) is 2.14. The minimum Gasteiger partial charge on any atom is -0.512 e. The Morgan fingerprint density at radius 3 is 2.80 bits per heavy atom. The van der Waals surface area contributed by atoms with Crippen molar-refractivity contribution in [2.75, 3.05) is 0 Å². The first-order chi connectivity index (χ1) is 7.13. The van der Waals surface area contributed by atoms with Gasteiger partial charge in [0.2, 0.25) is 0 Å². The molecule has 0 unspecified atom stereocenters. The lowest BCUT2D eigenvalue weighted by Gasteiger charge is -1.98. The first-order valence-corrected chi connectivity index (χ1v) is 5.33. The van der Waals surface area contributed by atoms with Crippen LogP contribution in [0.4, 0.5) is 0 Å². The van der Waals surface area contributed by atoms with Gasteiger partial charge in [-0.05, 0) is 30.2 Å². The molecular weight excluding hydrogens is 208 g/mol. The molecule has 0 amide bonds. The van der Waals surface area contributed by atoms with Crippen LogP contribution in [0.2, 0.25) is 5.02 Å². The van der Waals surface area contributed by atoms with Crippen LogP contribution < -0.4 is 0 Å². The van der Waals surface area contributed by atoms with Gasteiger partial charge in [0.05, 0.1) is 5.76 Å². The van der Waals surface area contributed by atoms with Crippen molar-refractivity contribution in [3.8, 4) is 0 Å². The van der Waals surface area contributed by atoms with Crippen LogP contribution in [-0.4, -0.2) is 5.11 Å². The molecule has 0 aliphatic rings. The van der Waals surface area contributed by atoms with Crippen molar-refractivity contribution in [1.82, 2.24) is 0 Å². The predicted molar refractivity (Wildman–Crippen MR) is 66.2 cm³/mol. The molecule has 0 bridgehead atoms. The molecule has 0 heterocycles. The van der Waals surface area contributed by atoms with Gasteiger partial charge in [0, 0.05) is 11.4 Å². The zero-order valence-electron chi connectivity index (χ0n) is 9.00. The molecule has 0 aromatic heterocycles. The minimum atomic E-state index is 0.379.